The van der Waals surface area contributed by atoms with Gasteiger partial charge in [-0.05, 0) is 60.2 Å². The molecule has 2 aromatic carbocycles. The van der Waals surface area contributed by atoms with E-state index in [2.05, 4.69) is 0 Å². The maximum absolute atomic E-state index is 14.6. The smallest absolute Gasteiger partial charge is 0.337 e. The van der Waals surface area contributed by atoms with Crippen molar-refractivity contribution in [3.05, 3.63) is 75.1 Å². The van der Waals surface area contributed by atoms with Crippen molar-refractivity contribution in [2.45, 2.75) is 19.8 Å². The summed E-state index contributed by atoms with van der Waals surface area (Å²) < 4.78 is 19.4. The number of carbonyl (C=O) groups is 1. The second-order valence-corrected chi connectivity index (χ2v) is 5.98. The minimum Gasteiger partial charge on any atom is -0.465 e. The van der Waals surface area contributed by atoms with Crippen LogP contribution in [-0.2, 0) is 11.2 Å². The number of aryl methyl sites for hydroxylation is 2. The van der Waals surface area contributed by atoms with Crippen LogP contribution in [-0.4, -0.2) is 13.1 Å². The van der Waals surface area contributed by atoms with Gasteiger partial charge in [-0.2, -0.15) is 0 Å². The van der Waals surface area contributed by atoms with Gasteiger partial charge in [0.2, 0.25) is 0 Å². The Hall–Kier alpha value is -2.13. The monoisotopic (exact) mass is 330 g/mol. The zero-order chi connectivity index (χ0) is 16.6. The highest BCUT2D eigenvalue weighted by atomic mass is 35.5. The van der Waals surface area contributed by atoms with Crippen molar-refractivity contribution in [3.63, 3.8) is 0 Å². The van der Waals surface area contributed by atoms with E-state index in [1.807, 2.05) is 12.1 Å². The van der Waals surface area contributed by atoms with Crippen LogP contribution in [0.25, 0.3) is 5.57 Å². The Bertz CT molecular complexity index is 824. The molecule has 2 aromatic rings. The van der Waals surface area contributed by atoms with Gasteiger partial charge in [-0.3, -0.25) is 0 Å². The van der Waals surface area contributed by atoms with Crippen molar-refractivity contribution in [1.29, 1.82) is 0 Å². The van der Waals surface area contributed by atoms with Gasteiger partial charge in [-0.15, -0.1) is 0 Å². The molecule has 0 unspecified atom stereocenters. The topological polar surface area (TPSA) is 26.3 Å². The zero-order valence-corrected chi connectivity index (χ0v) is 13.7. The molecule has 1 aliphatic carbocycles. The average molecular weight is 331 g/mol. The van der Waals surface area contributed by atoms with Gasteiger partial charge >= 0.3 is 5.97 Å². The number of esters is 1. The molecular formula is C19H16ClFO2. The van der Waals surface area contributed by atoms with E-state index in [0.717, 1.165) is 29.5 Å². The highest BCUT2D eigenvalue weighted by molar-refractivity contribution is 6.32. The number of benzene rings is 2. The van der Waals surface area contributed by atoms with Crippen molar-refractivity contribution < 1.29 is 13.9 Å². The summed E-state index contributed by atoms with van der Waals surface area (Å²) in [7, 11) is 1.34. The number of allylic oxidation sites excluding steroid dienone is 1. The fourth-order valence-corrected chi connectivity index (χ4v) is 3.16. The van der Waals surface area contributed by atoms with E-state index >= 15 is 0 Å². The van der Waals surface area contributed by atoms with Crippen LogP contribution in [0.4, 0.5) is 4.39 Å². The van der Waals surface area contributed by atoms with Crippen molar-refractivity contribution in [1.82, 2.24) is 0 Å². The van der Waals surface area contributed by atoms with Gasteiger partial charge in [0.25, 0.3) is 0 Å². The quantitative estimate of drug-likeness (QED) is 0.728. The predicted octanol–water partition coefficient (Wildman–Crippen LogP) is 4.95. The molecule has 0 atom stereocenters. The minimum atomic E-state index is -0.409. The standard InChI is InChI=1S/C19H16ClFO2/c1-11-6-9-16(20)17(18(11)21)14-5-3-4-12-7-8-13(10-15(12)14)19(22)23-2/h5-10H,3-4H2,1-2H3. The first kappa shape index (κ1) is 15.8. The summed E-state index contributed by atoms with van der Waals surface area (Å²) in [5, 5.41) is 0.371. The van der Waals surface area contributed by atoms with Gasteiger partial charge < -0.3 is 4.74 Å². The first-order chi connectivity index (χ1) is 11.0. The van der Waals surface area contributed by atoms with Gasteiger partial charge in [-0.1, -0.05) is 29.8 Å². The van der Waals surface area contributed by atoms with E-state index in [4.69, 9.17) is 16.3 Å². The summed E-state index contributed by atoms with van der Waals surface area (Å²) in [6.45, 7) is 1.71. The molecular weight excluding hydrogens is 315 g/mol. The molecule has 4 heteroatoms. The molecule has 23 heavy (non-hydrogen) atoms. The van der Waals surface area contributed by atoms with Crippen LogP contribution < -0.4 is 0 Å². The van der Waals surface area contributed by atoms with Gasteiger partial charge in [0, 0.05) is 5.56 Å². The minimum absolute atomic E-state index is 0.319. The summed E-state index contributed by atoms with van der Waals surface area (Å²) in [4.78, 5) is 11.8. The van der Waals surface area contributed by atoms with Gasteiger partial charge in [0.1, 0.15) is 5.82 Å². The van der Waals surface area contributed by atoms with E-state index in [9.17, 15) is 9.18 Å². The van der Waals surface area contributed by atoms with E-state index in [1.165, 1.54) is 7.11 Å². The third-order valence-electron chi connectivity index (χ3n) is 4.14. The van der Waals surface area contributed by atoms with E-state index in [1.54, 1.807) is 31.2 Å². The van der Waals surface area contributed by atoms with Gasteiger partial charge in [0.05, 0.1) is 17.7 Å². The lowest BCUT2D eigenvalue weighted by atomic mass is 9.85. The van der Waals surface area contributed by atoms with Crippen LogP contribution in [0.1, 0.15) is 39.0 Å². The lowest BCUT2D eigenvalue weighted by molar-refractivity contribution is 0.0600. The second-order valence-electron chi connectivity index (χ2n) is 5.57. The lowest BCUT2D eigenvalue weighted by Crippen LogP contribution is -2.08. The van der Waals surface area contributed by atoms with Crippen molar-refractivity contribution >= 4 is 23.1 Å². The Balaban J connectivity index is 2.20. The number of ether oxygens (including phenoxy) is 1. The predicted molar refractivity (Wildman–Crippen MR) is 89.3 cm³/mol. The van der Waals surface area contributed by atoms with Crippen LogP contribution in [0.3, 0.4) is 0 Å². The normalized spacial score (nSPS) is 13.3. The number of halogens is 2. The first-order valence-corrected chi connectivity index (χ1v) is 7.77. The molecule has 0 bridgehead atoms. The van der Waals surface area contributed by atoms with Crippen LogP contribution in [0, 0.1) is 12.7 Å². The third-order valence-corrected chi connectivity index (χ3v) is 4.45. The van der Waals surface area contributed by atoms with Crippen LogP contribution in [0.5, 0.6) is 0 Å². The van der Waals surface area contributed by atoms with Crippen molar-refractivity contribution in [2.75, 3.05) is 7.11 Å². The number of hydrogen-bond acceptors (Lipinski definition) is 2. The number of rotatable bonds is 2. The fraction of sp³-hybridized carbons (Fsp3) is 0.211. The van der Waals surface area contributed by atoms with Gasteiger partial charge in [-0.25, -0.2) is 9.18 Å². The number of methoxy groups -OCH3 is 1. The summed E-state index contributed by atoms with van der Waals surface area (Å²) >= 11 is 6.26. The largest absolute Gasteiger partial charge is 0.465 e. The molecule has 0 radical (unpaired) electrons. The van der Waals surface area contributed by atoms with E-state index < -0.39 is 5.97 Å². The molecule has 0 amide bonds. The summed E-state index contributed by atoms with van der Waals surface area (Å²) in [5.41, 5.74) is 4.04. The molecule has 2 nitrogen and oxygen atoms in total. The Kier molecular flexibility index (Phi) is 4.22. The Morgan fingerprint density at radius 2 is 2.04 bits per heavy atom. The van der Waals surface area contributed by atoms with E-state index in [-0.39, 0.29) is 5.82 Å². The Labute approximate surface area is 139 Å². The molecule has 118 valence electrons. The Morgan fingerprint density at radius 3 is 2.78 bits per heavy atom. The molecule has 3 rings (SSSR count). The number of carbonyl (C=O) groups excluding carboxylic acids is 1. The third kappa shape index (κ3) is 2.77. The van der Waals surface area contributed by atoms with E-state index in [0.29, 0.717) is 21.7 Å². The van der Waals surface area contributed by atoms with Crippen molar-refractivity contribution in [2.24, 2.45) is 0 Å². The lowest BCUT2D eigenvalue weighted by Gasteiger charge is -2.20. The second kappa shape index (κ2) is 6.17. The van der Waals surface area contributed by atoms with Crippen LogP contribution in [0.15, 0.2) is 36.4 Å². The molecule has 0 aliphatic heterocycles. The zero-order valence-electron chi connectivity index (χ0n) is 13.0. The molecule has 0 saturated heterocycles. The summed E-state index contributed by atoms with van der Waals surface area (Å²) in [5.74, 6) is -0.728. The van der Waals surface area contributed by atoms with Gasteiger partial charge in [0.15, 0.2) is 0 Å². The van der Waals surface area contributed by atoms with Crippen LogP contribution in [0.2, 0.25) is 5.02 Å². The summed E-state index contributed by atoms with van der Waals surface area (Å²) in [6, 6.07) is 8.76. The molecule has 0 spiro atoms. The molecule has 0 saturated carbocycles. The molecule has 0 N–H and O–H groups in total. The highest BCUT2D eigenvalue weighted by Crippen LogP contribution is 2.38. The number of hydrogen-bond donors (Lipinski definition) is 0. The number of fused-ring (bicyclic) bond motifs is 1. The fourth-order valence-electron chi connectivity index (χ4n) is 2.91. The molecule has 0 heterocycles. The summed E-state index contributed by atoms with van der Waals surface area (Å²) in [6.07, 6.45) is 3.64. The van der Waals surface area contributed by atoms with Crippen molar-refractivity contribution in [3.8, 4) is 0 Å². The molecule has 0 aromatic heterocycles. The maximum atomic E-state index is 14.6. The first-order valence-electron chi connectivity index (χ1n) is 7.39. The maximum Gasteiger partial charge on any atom is 0.337 e. The Morgan fingerprint density at radius 1 is 1.26 bits per heavy atom. The SMILES string of the molecule is COC(=O)c1ccc2c(c1)C(c1c(Cl)ccc(C)c1F)=CCC2. The molecule has 1 aliphatic rings. The molecule has 0 fully saturated rings. The average Bonchev–Trinajstić information content (AvgIpc) is 2.57. The van der Waals surface area contributed by atoms with Crippen LogP contribution >= 0.6 is 11.6 Å². The highest BCUT2D eigenvalue weighted by Gasteiger charge is 2.22.